The summed E-state index contributed by atoms with van der Waals surface area (Å²) < 4.78 is 6.35. The smallest absolute Gasteiger partial charge is 0.381 e. The van der Waals surface area contributed by atoms with Gasteiger partial charge in [0.15, 0.2) is 0 Å². The van der Waals surface area contributed by atoms with Gasteiger partial charge in [-0.2, -0.15) is 0 Å². The number of hydrogen-bond acceptors (Lipinski definition) is 5. The Bertz CT molecular complexity index is 375. The zero-order chi connectivity index (χ0) is 12.0. The van der Waals surface area contributed by atoms with E-state index in [2.05, 4.69) is 4.98 Å². The third-order valence-corrected chi connectivity index (χ3v) is 1.85. The van der Waals surface area contributed by atoms with Gasteiger partial charge < -0.3 is 19.4 Å². The van der Waals surface area contributed by atoms with E-state index in [0.717, 1.165) is 6.42 Å². The van der Waals surface area contributed by atoms with Gasteiger partial charge in [0.1, 0.15) is 6.20 Å². The summed E-state index contributed by atoms with van der Waals surface area (Å²) in [6.45, 7) is 2.65. The molecule has 1 aromatic rings. The standard InChI is InChI=1S/C9H13N3O4/c1-2-5-16-9(13)3-4-11-6-8(10-7-11)12(14)15/h6-7H,2-5H2,1H3. The molecule has 0 fully saturated rings. The van der Waals surface area contributed by atoms with Gasteiger partial charge in [0.2, 0.25) is 6.33 Å². The minimum atomic E-state index is -0.577. The van der Waals surface area contributed by atoms with E-state index < -0.39 is 4.92 Å². The molecule has 0 spiro atoms. The third-order valence-electron chi connectivity index (χ3n) is 1.85. The number of nitro groups is 1. The zero-order valence-corrected chi connectivity index (χ0v) is 8.96. The van der Waals surface area contributed by atoms with Crippen molar-refractivity contribution in [2.75, 3.05) is 6.61 Å². The molecule has 0 N–H and O–H groups in total. The van der Waals surface area contributed by atoms with Gasteiger partial charge in [0.25, 0.3) is 0 Å². The lowest BCUT2D eigenvalue weighted by Gasteiger charge is -2.02. The molecule has 0 radical (unpaired) electrons. The molecule has 0 bridgehead atoms. The van der Waals surface area contributed by atoms with Gasteiger partial charge in [-0.25, -0.2) is 0 Å². The predicted molar refractivity (Wildman–Crippen MR) is 54.7 cm³/mol. The van der Waals surface area contributed by atoms with E-state index in [9.17, 15) is 14.9 Å². The summed E-state index contributed by atoms with van der Waals surface area (Å²) >= 11 is 0. The van der Waals surface area contributed by atoms with Gasteiger partial charge >= 0.3 is 11.8 Å². The molecule has 0 amide bonds. The SMILES string of the molecule is CCCOC(=O)CCn1cnc([N+](=O)[O-])c1. The largest absolute Gasteiger partial charge is 0.466 e. The van der Waals surface area contributed by atoms with Crippen LogP contribution in [0.1, 0.15) is 19.8 Å². The Morgan fingerprint density at radius 1 is 1.69 bits per heavy atom. The number of ether oxygens (including phenoxy) is 1. The van der Waals surface area contributed by atoms with E-state index in [-0.39, 0.29) is 18.2 Å². The summed E-state index contributed by atoms with van der Waals surface area (Å²) in [5, 5.41) is 10.3. The Morgan fingerprint density at radius 3 is 3.00 bits per heavy atom. The Morgan fingerprint density at radius 2 is 2.44 bits per heavy atom. The van der Waals surface area contributed by atoms with Crippen molar-refractivity contribution in [1.29, 1.82) is 0 Å². The first-order valence-corrected chi connectivity index (χ1v) is 4.95. The van der Waals surface area contributed by atoms with Crippen LogP contribution in [0.4, 0.5) is 5.82 Å². The summed E-state index contributed by atoms with van der Waals surface area (Å²) in [5.41, 5.74) is 0. The Hall–Kier alpha value is -1.92. The minimum absolute atomic E-state index is 0.188. The molecular weight excluding hydrogens is 214 g/mol. The van der Waals surface area contributed by atoms with Gasteiger partial charge in [-0.3, -0.25) is 4.79 Å². The molecule has 7 heteroatoms. The maximum atomic E-state index is 11.1. The Kier molecular flexibility index (Phi) is 4.43. The first-order chi connectivity index (χ1) is 7.63. The second kappa shape index (κ2) is 5.84. The highest BCUT2D eigenvalue weighted by Crippen LogP contribution is 2.06. The summed E-state index contributed by atoms with van der Waals surface area (Å²) in [7, 11) is 0. The lowest BCUT2D eigenvalue weighted by Crippen LogP contribution is -2.08. The van der Waals surface area contributed by atoms with Gasteiger partial charge in [0, 0.05) is 6.54 Å². The number of aromatic nitrogens is 2. The van der Waals surface area contributed by atoms with Crippen LogP contribution in [0.3, 0.4) is 0 Å². The van der Waals surface area contributed by atoms with Crippen molar-refractivity contribution >= 4 is 11.8 Å². The molecule has 7 nitrogen and oxygen atoms in total. The highest BCUT2D eigenvalue weighted by molar-refractivity contribution is 5.69. The van der Waals surface area contributed by atoms with E-state index in [4.69, 9.17) is 4.74 Å². The highest BCUT2D eigenvalue weighted by Gasteiger charge is 2.10. The van der Waals surface area contributed by atoms with Crippen LogP contribution in [0, 0.1) is 10.1 Å². The van der Waals surface area contributed by atoms with Crippen molar-refractivity contribution in [1.82, 2.24) is 9.55 Å². The van der Waals surface area contributed by atoms with Crippen LogP contribution < -0.4 is 0 Å². The maximum absolute atomic E-state index is 11.1. The van der Waals surface area contributed by atoms with Crippen molar-refractivity contribution in [2.24, 2.45) is 0 Å². The number of rotatable bonds is 6. The average molecular weight is 227 g/mol. The fraction of sp³-hybridized carbons (Fsp3) is 0.556. The zero-order valence-electron chi connectivity index (χ0n) is 8.96. The molecule has 0 aliphatic carbocycles. The maximum Gasteiger partial charge on any atom is 0.381 e. The normalized spacial score (nSPS) is 10.1. The van der Waals surface area contributed by atoms with Crippen LogP contribution in [0.5, 0.6) is 0 Å². The van der Waals surface area contributed by atoms with Crippen LogP contribution in [0.2, 0.25) is 0 Å². The Balaban J connectivity index is 2.36. The van der Waals surface area contributed by atoms with Gasteiger partial charge in [-0.1, -0.05) is 6.92 Å². The van der Waals surface area contributed by atoms with Crippen LogP contribution in [0.15, 0.2) is 12.5 Å². The molecule has 0 aliphatic rings. The summed E-state index contributed by atoms with van der Waals surface area (Å²) in [6, 6.07) is 0. The lowest BCUT2D eigenvalue weighted by atomic mass is 10.4. The number of carbonyl (C=O) groups is 1. The molecule has 0 saturated carbocycles. The van der Waals surface area contributed by atoms with E-state index in [0.29, 0.717) is 13.2 Å². The third kappa shape index (κ3) is 3.68. The summed E-state index contributed by atoms with van der Waals surface area (Å²) in [4.78, 5) is 24.4. The van der Waals surface area contributed by atoms with E-state index in [1.54, 1.807) is 0 Å². The number of aryl methyl sites for hydroxylation is 1. The highest BCUT2D eigenvalue weighted by atomic mass is 16.6. The second-order valence-corrected chi connectivity index (χ2v) is 3.20. The molecule has 0 saturated heterocycles. The molecule has 1 heterocycles. The van der Waals surface area contributed by atoms with Gasteiger partial charge in [0.05, 0.1) is 13.0 Å². The molecule has 1 aromatic heterocycles. The van der Waals surface area contributed by atoms with Crippen molar-refractivity contribution in [2.45, 2.75) is 26.3 Å². The van der Waals surface area contributed by atoms with Crippen molar-refractivity contribution in [3.63, 3.8) is 0 Å². The van der Waals surface area contributed by atoms with Crippen LogP contribution >= 0.6 is 0 Å². The molecule has 88 valence electrons. The molecule has 0 unspecified atom stereocenters. The fourth-order valence-corrected chi connectivity index (χ4v) is 1.07. The monoisotopic (exact) mass is 227 g/mol. The van der Waals surface area contributed by atoms with Crippen molar-refractivity contribution in [3.8, 4) is 0 Å². The quantitative estimate of drug-likeness (QED) is 0.413. The number of hydrogen-bond donors (Lipinski definition) is 0. The minimum Gasteiger partial charge on any atom is -0.466 e. The first kappa shape index (κ1) is 12.2. The van der Waals surface area contributed by atoms with Gasteiger partial charge in [-0.05, 0) is 16.3 Å². The van der Waals surface area contributed by atoms with E-state index in [1.807, 2.05) is 6.92 Å². The van der Waals surface area contributed by atoms with Gasteiger partial charge in [-0.15, -0.1) is 0 Å². The first-order valence-electron chi connectivity index (χ1n) is 4.95. The summed E-state index contributed by atoms with van der Waals surface area (Å²) in [5.74, 6) is -0.528. The number of esters is 1. The summed E-state index contributed by atoms with van der Waals surface area (Å²) in [6.07, 6.45) is 3.58. The van der Waals surface area contributed by atoms with E-state index in [1.165, 1.54) is 17.1 Å². The molecule has 0 aliphatic heterocycles. The number of imidazole rings is 1. The Labute approximate surface area is 92.2 Å². The average Bonchev–Trinajstić information content (AvgIpc) is 2.72. The van der Waals surface area contributed by atoms with Crippen LogP contribution in [0.25, 0.3) is 0 Å². The lowest BCUT2D eigenvalue weighted by molar-refractivity contribution is -0.389. The molecule has 16 heavy (non-hydrogen) atoms. The second-order valence-electron chi connectivity index (χ2n) is 3.20. The number of nitrogens with zero attached hydrogens (tertiary/aromatic N) is 3. The fourth-order valence-electron chi connectivity index (χ4n) is 1.07. The van der Waals surface area contributed by atoms with Crippen LogP contribution in [-0.2, 0) is 16.1 Å². The molecule has 0 aromatic carbocycles. The molecule has 1 rings (SSSR count). The van der Waals surface area contributed by atoms with Crippen LogP contribution in [-0.4, -0.2) is 27.1 Å². The predicted octanol–water partition coefficient (Wildman–Crippen LogP) is 1.13. The van der Waals surface area contributed by atoms with Crippen molar-refractivity contribution < 1.29 is 14.5 Å². The van der Waals surface area contributed by atoms with E-state index >= 15 is 0 Å². The molecular formula is C9H13N3O4. The number of carbonyl (C=O) groups excluding carboxylic acids is 1. The molecule has 0 atom stereocenters. The van der Waals surface area contributed by atoms with Crippen molar-refractivity contribution in [3.05, 3.63) is 22.6 Å². The topological polar surface area (TPSA) is 87.3 Å².